The van der Waals surface area contributed by atoms with Crippen molar-refractivity contribution in [2.45, 2.75) is 0 Å². The van der Waals surface area contributed by atoms with E-state index in [1.54, 1.807) is 48.5 Å². The van der Waals surface area contributed by atoms with Gasteiger partial charge in [0.05, 0.1) is 6.21 Å². The second-order valence-electron chi connectivity index (χ2n) is 6.74. The third kappa shape index (κ3) is 5.17. The number of carbonyl (C=O) groups is 2. The lowest BCUT2D eigenvalue weighted by Gasteiger charge is -2.09. The van der Waals surface area contributed by atoms with E-state index >= 15 is 0 Å². The molecule has 0 fully saturated rings. The number of nitrogens with one attached hydrogen (secondary N) is 2. The molecule has 0 unspecified atom stereocenters. The van der Waals surface area contributed by atoms with Crippen LogP contribution in [-0.2, 0) is 4.79 Å². The summed E-state index contributed by atoms with van der Waals surface area (Å²) in [5.41, 5.74) is 3.97. The summed E-state index contributed by atoms with van der Waals surface area (Å²) in [6.45, 7) is 0.124. The summed E-state index contributed by atoms with van der Waals surface area (Å²) in [4.78, 5) is 25.4. The van der Waals surface area contributed by atoms with Crippen LogP contribution in [0, 0.1) is 5.82 Å². The van der Waals surface area contributed by atoms with E-state index in [1.165, 1.54) is 36.6 Å². The molecule has 8 heteroatoms. The third-order valence-electron chi connectivity index (χ3n) is 4.49. The average Bonchev–Trinajstić information content (AvgIpc) is 3.28. The van der Waals surface area contributed by atoms with E-state index in [-0.39, 0.29) is 18.3 Å². The number of halogens is 1. The zero-order valence-electron chi connectivity index (χ0n) is 16.7. The first kappa shape index (κ1) is 20.8. The largest absolute Gasteiger partial charge is 0.454 e. The first-order chi connectivity index (χ1) is 15.6. The lowest BCUT2D eigenvalue weighted by atomic mass is 10.1. The van der Waals surface area contributed by atoms with Gasteiger partial charge in [-0.2, -0.15) is 5.10 Å². The molecule has 0 bridgehead atoms. The van der Waals surface area contributed by atoms with Gasteiger partial charge in [-0.3, -0.25) is 9.59 Å². The van der Waals surface area contributed by atoms with Crippen molar-refractivity contribution in [1.29, 1.82) is 0 Å². The number of rotatable bonds is 6. The Morgan fingerprint density at radius 3 is 2.41 bits per heavy atom. The Hall–Kier alpha value is -4.46. The lowest BCUT2D eigenvalue weighted by Crippen LogP contribution is -2.32. The van der Waals surface area contributed by atoms with E-state index in [2.05, 4.69) is 15.8 Å². The molecule has 7 nitrogen and oxygen atoms in total. The summed E-state index contributed by atoms with van der Waals surface area (Å²) >= 11 is 0. The average molecular weight is 431 g/mol. The van der Waals surface area contributed by atoms with Crippen molar-refractivity contribution in [3.8, 4) is 11.5 Å². The van der Waals surface area contributed by atoms with Crippen LogP contribution in [-0.4, -0.2) is 24.8 Å². The molecule has 32 heavy (non-hydrogen) atoms. The number of hydrogen-bond donors (Lipinski definition) is 2. The number of amides is 2. The first-order valence-corrected chi connectivity index (χ1v) is 9.65. The van der Waals surface area contributed by atoms with Crippen molar-refractivity contribution in [2.75, 3.05) is 6.79 Å². The highest BCUT2D eigenvalue weighted by atomic mass is 19.1. The Labute approximate surface area is 183 Å². The van der Waals surface area contributed by atoms with Crippen LogP contribution in [0.5, 0.6) is 11.5 Å². The summed E-state index contributed by atoms with van der Waals surface area (Å²) in [5.74, 6) is -0.308. The van der Waals surface area contributed by atoms with Gasteiger partial charge in [-0.15, -0.1) is 0 Å². The van der Waals surface area contributed by atoms with Gasteiger partial charge >= 0.3 is 0 Å². The summed E-state index contributed by atoms with van der Waals surface area (Å²) < 4.78 is 23.7. The Bertz CT molecular complexity index is 1190. The van der Waals surface area contributed by atoms with Gasteiger partial charge in [-0.05, 0) is 53.6 Å². The molecule has 0 atom stereocenters. The van der Waals surface area contributed by atoms with Crippen LogP contribution in [0.15, 0.2) is 83.6 Å². The SMILES string of the molecule is O=C(N/N=C/c1ccc(F)cc1)/C(=C\c1ccc2c(c1)OCO2)NC(=O)c1ccccc1. The van der Waals surface area contributed by atoms with E-state index in [9.17, 15) is 14.0 Å². The number of benzene rings is 3. The van der Waals surface area contributed by atoms with E-state index in [4.69, 9.17) is 9.47 Å². The normalized spacial score (nSPS) is 12.6. The molecule has 0 spiro atoms. The van der Waals surface area contributed by atoms with Crippen LogP contribution in [0.4, 0.5) is 4.39 Å². The maximum Gasteiger partial charge on any atom is 0.287 e. The van der Waals surface area contributed by atoms with Gasteiger partial charge < -0.3 is 14.8 Å². The molecule has 0 aromatic heterocycles. The molecule has 0 aliphatic carbocycles. The molecule has 2 amide bonds. The Balaban J connectivity index is 1.55. The highest BCUT2D eigenvalue weighted by Gasteiger charge is 2.16. The monoisotopic (exact) mass is 431 g/mol. The smallest absolute Gasteiger partial charge is 0.287 e. The van der Waals surface area contributed by atoms with Gasteiger partial charge in [0, 0.05) is 5.56 Å². The van der Waals surface area contributed by atoms with Crippen LogP contribution in [0.3, 0.4) is 0 Å². The number of carbonyl (C=O) groups excluding carboxylic acids is 2. The minimum absolute atomic E-state index is 0.0195. The Kier molecular flexibility index (Phi) is 6.22. The number of ether oxygens (including phenoxy) is 2. The van der Waals surface area contributed by atoms with E-state index in [0.717, 1.165) is 0 Å². The second-order valence-corrected chi connectivity index (χ2v) is 6.74. The molecule has 1 aliphatic rings. The quantitative estimate of drug-likeness (QED) is 0.355. The predicted octanol–water partition coefficient (Wildman–Crippen LogP) is 3.48. The Morgan fingerprint density at radius 1 is 0.906 bits per heavy atom. The molecule has 1 aliphatic heterocycles. The second kappa shape index (κ2) is 9.57. The van der Waals surface area contributed by atoms with Gasteiger partial charge in [0.2, 0.25) is 6.79 Å². The zero-order chi connectivity index (χ0) is 22.3. The fraction of sp³-hybridized carbons (Fsp3) is 0.0417. The van der Waals surface area contributed by atoms with Crippen molar-refractivity contribution in [1.82, 2.24) is 10.7 Å². The number of hydrogen-bond acceptors (Lipinski definition) is 5. The van der Waals surface area contributed by atoms with Crippen LogP contribution in [0.1, 0.15) is 21.5 Å². The highest BCUT2D eigenvalue weighted by Crippen LogP contribution is 2.33. The molecule has 160 valence electrons. The van der Waals surface area contributed by atoms with Crippen molar-refractivity contribution >= 4 is 24.1 Å². The summed E-state index contributed by atoms with van der Waals surface area (Å²) in [7, 11) is 0. The number of nitrogens with zero attached hydrogens (tertiary/aromatic N) is 1. The first-order valence-electron chi connectivity index (χ1n) is 9.65. The van der Waals surface area contributed by atoms with Crippen LogP contribution in [0.25, 0.3) is 6.08 Å². The molecule has 0 saturated carbocycles. The van der Waals surface area contributed by atoms with E-state index < -0.39 is 11.8 Å². The minimum Gasteiger partial charge on any atom is -0.454 e. The molecule has 0 saturated heterocycles. The third-order valence-corrected chi connectivity index (χ3v) is 4.49. The number of fused-ring (bicyclic) bond motifs is 1. The van der Waals surface area contributed by atoms with Crippen LogP contribution in [0.2, 0.25) is 0 Å². The van der Waals surface area contributed by atoms with Crippen molar-refractivity contribution in [2.24, 2.45) is 5.10 Å². The lowest BCUT2D eigenvalue weighted by molar-refractivity contribution is -0.117. The van der Waals surface area contributed by atoms with Gasteiger partial charge in [0.1, 0.15) is 11.5 Å². The topological polar surface area (TPSA) is 89.0 Å². The van der Waals surface area contributed by atoms with Gasteiger partial charge in [-0.1, -0.05) is 36.4 Å². The fourth-order valence-corrected chi connectivity index (χ4v) is 2.89. The van der Waals surface area contributed by atoms with Crippen LogP contribution >= 0.6 is 0 Å². The van der Waals surface area contributed by atoms with Gasteiger partial charge in [-0.25, -0.2) is 9.82 Å². The van der Waals surface area contributed by atoms with E-state index in [1.807, 2.05) is 0 Å². The molecule has 4 rings (SSSR count). The summed E-state index contributed by atoms with van der Waals surface area (Å²) in [5, 5.41) is 6.51. The van der Waals surface area contributed by atoms with Gasteiger partial charge in [0.15, 0.2) is 11.5 Å². The maximum absolute atomic E-state index is 13.0. The molecular weight excluding hydrogens is 413 g/mol. The minimum atomic E-state index is -0.634. The molecule has 2 N–H and O–H groups in total. The molecular formula is C24H18FN3O4. The number of hydrazone groups is 1. The molecule has 3 aromatic carbocycles. The van der Waals surface area contributed by atoms with Gasteiger partial charge in [0.25, 0.3) is 11.8 Å². The predicted molar refractivity (Wildman–Crippen MR) is 117 cm³/mol. The maximum atomic E-state index is 13.0. The summed E-state index contributed by atoms with van der Waals surface area (Å²) in [6.07, 6.45) is 2.88. The highest BCUT2D eigenvalue weighted by molar-refractivity contribution is 6.05. The zero-order valence-corrected chi connectivity index (χ0v) is 16.7. The Morgan fingerprint density at radius 2 is 1.62 bits per heavy atom. The van der Waals surface area contributed by atoms with Crippen molar-refractivity contribution in [3.63, 3.8) is 0 Å². The fourth-order valence-electron chi connectivity index (χ4n) is 2.89. The standard InChI is InChI=1S/C24H18FN3O4/c25-19-9-6-16(7-10-19)14-26-28-24(30)20(27-23(29)18-4-2-1-3-5-18)12-17-8-11-21-22(13-17)32-15-31-21/h1-14H,15H2,(H,27,29)(H,28,30)/b20-12+,26-14+. The molecule has 1 heterocycles. The van der Waals surface area contributed by atoms with E-state index in [0.29, 0.717) is 28.2 Å². The van der Waals surface area contributed by atoms with Crippen LogP contribution < -0.4 is 20.2 Å². The van der Waals surface area contributed by atoms with Crippen molar-refractivity contribution < 1.29 is 23.5 Å². The molecule has 3 aromatic rings. The molecule has 0 radical (unpaired) electrons. The van der Waals surface area contributed by atoms with Crippen molar-refractivity contribution in [3.05, 3.63) is 101 Å². The summed E-state index contributed by atoms with van der Waals surface area (Å²) in [6, 6.07) is 19.3.